The third kappa shape index (κ3) is 4.86. The highest BCUT2D eigenvalue weighted by Crippen LogP contribution is 2.38. The molecule has 2 aliphatic rings. The Labute approximate surface area is 192 Å². The van der Waals surface area contributed by atoms with Crippen LogP contribution in [0.15, 0.2) is 30.5 Å². The van der Waals surface area contributed by atoms with Crippen LogP contribution in [0, 0.1) is 0 Å². The molecule has 2 saturated heterocycles. The van der Waals surface area contributed by atoms with Gasteiger partial charge in [-0.2, -0.15) is 13.2 Å². The minimum Gasteiger partial charge on any atom is -0.368 e. The van der Waals surface area contributed by atoms with Gasteiger partial charge < -0.3 is 15.4 Å². The normalized spacial score (nSPS) is 19.4. The lowest BCUT2D eigenvalue weighted by atomic mass is 9.93. The Hall–Kier alpha value is -3.54. The number of amides is 3. The predicted molar refractivity (Wildman–Crippen MR) is 113 cm³/mol. The van der Waals surface area contributed by atoms with Gasteiger partial charge in [-0.25, -0.2) is 9.97 Å². The van der Waals surface area contributed by atoms with Crippen molar-refractivity contribution in [1.29, 1.82) is 0 Å². The van der Waals surface area contributed by atoms with Crippen molar-refractivity contribution in [2.75, 3.05) is 32.0 Å². The van der Waals surface area contributed by atoms with Gasteiger partial charge in [0.2, 0.25) is 11.9 Å². The summed E-state index contributed by atoms with van der Waals surface area (Å²) >= 11 is 0. The van der Waals surface area contributed by atoms with Crippen molar-refractivity contribution in [3.05, 3.63) is 41.7 Å². The van der Waals surface area contributed by atoms with Gasteiger partial charge >= 0.3 is 6.18 Å². The van der Waals surface area contributed by atoms with Crippen molar-refractivity contribution >= 4 is 23.7 Å². The van der Waals surface area contributed by atoms with Crippen LogP contribution in [0.4, 0.5) is 19.1 Å². The highest BCUT2D eigenvalue weighted by Gasteiger charge is 2.36. The molecule has 1 aromatic carbocycles. The lowest BCUT2D eigenvalue weighted by Crippen LogP contribution is -2.52. The Morgan fingerprint density at radius 3 is 2.62 bits per heavy atom. The van der Waals surface area contributed by atoms with E-state index in [1.807, 2.05) is 0 Å². The SMILES string of the molecule is Nc1ncc(-c2cccc(C(F)(F)F)c2)c([C@H]2CCCCN2C(=O)CN2C(=O)COCC2=O)n1. The van der Waals surface area contributed by atoms with Gasteiger partial charge in [0.1, 0.15) is 19.8 Å². The van der Waals surface area contributed by atoms with Gasteiger partial charge in [-0.1, -0.05) is 12.1 Å². The van der Waals surface area contributed by atoms with Gasteiger partial charge in [-0.3, -0.25) is 19.3 Å². The second kappa shape index (κ2) is 9.37. The van der Waals surface area contributed by atoms with E-state index >= 15 is 0 Å². The Kier molecular flexibility index (Phi) is 6.51. The zero-order valence-corrected chi connectivity index (χ0v) is 18.0. The van der Waals surface area contributed by atoms with Gasteiger partial charge in [-0.05, 0) is 37.0 Å². The Balaban J connectivity index is 1.68. The number of ether oxygens (including phenoxy) is 1. The number of piperidine rings is 1. The molecule has 0 saturated carbocycles. The lowest BCUT2D eigenvalue weighted by Gasteiger charge is -2.37. The summed E-state index contributed by atoms with van der Waals surface area (Å²) in [7, 11) is 0. The number of rotatable bonds is 4. The maximum atomic E-state index is 13.3. The van der Waals surface area contributed by atoms with E-state index in [0.717, 1.165) is 23.5 Å². The molecule has 0 radical (unpaired) electrons. The molecular weight excluding hydrogens is 455 g/mol. The summed E-state index contributed by atoms with van der Waals surface area (Å²) in [5.41, 5.74) is 5.86. The first kappa shape index (κ1) is 23.6. The first-order valence-corrected chi connectivity index (χ1v) is 10.7. The molecule has 1 aromatic heterocycles. The van der Waals surface area contributed by atoms with Crippen molar-refractivity contribution in [2.45, 2.75) is 31.5 Å². The van der Waals surface area contributed by atoms with Gasteiger partial charge in [0, 0.05) is 18.3 Å². The van der Waals surface area contributed by atoms with E-state index in [0.29, 0.717) is 30.6 Å². The third-order valence-electron chi connectivity index (χ3n) is 5.82. The minimum atomic E-state index is -4.53. The number of likely N-dealkylation sites (tertiary alicyclic amines) is 1. The summed E-state index contributed by atoms with van der Waals surface area (Å²) in [6, 6.07) is 4.15. The van der Waals surface area contributed by atoms with Crippen LogP contribution >= 0.6 is 0 Å². The van der Waals surface area contributed by atoms with E-state index in [2.05, 4.69) is 9.97 Å². The van der Waals surface area contributed by atoms with Crippen LogP contribution in [-0.2, 0) is 25.3 Å². The van der Waals surface area contributed by atoms with Crippen LogP contribution in [0.25, 0.3) is 11.1 Å². The number of carbonyl (C=O) groups is 3. The molecule has 1 atom stereocenters. The van der Waals surface area contributed by atoms with E-state index in [-0.39, 0.29) is 24.7 Å². The molecule has 2 aromatic rings. The molecule has 0 bridgehead atoms. The molecule has 180 valence electrons. The number of hydrogen-bond acceptors (Lipinski definition) is 7. The van der Waals surface area contributed by atoms with Crippen LogP contribution < -0.4 is 5.73 Å². The second-order valence-electron chi connectivity index (χ2n) is 8.07. The number of benzene rings is 1. The average molecular weight is 477 g/mol. The first-order chi connectivity index (χ1) is 16.1. The summed E-state index contributed by atoms with van der Waals surface area (Å²) in [5, 5.41) is 0. The van der Waals surface area contributed by atoms with Gasteiger partial charge in [0.25, 0.3) is 11.8 Å². The number of imide groups is 1. The fourth-order valence-corrected chi connectivity index (χ4v) is 4.19. The Bertz CT molecular complexity index is 1110. The largest absolute Gasteiger partial charge is 0.416 e. The zero-order valence-electron chi connectivity index (χ0n) is 18.0. The molecule has 2 aliphatic heterocycles. The first-order valence-electron chi connectivity index (χ1n) is 10.7. The maximum absolute atomic E-state index is 13.3. The van der Waals surface area contributed by atoms with Crippen molar-refractivity contribution in [3.8, 4) is 11.1 Å². The topological polar surface area (TPSA) is 119 Å². The van der Waals surface area contributed by atoms with Crippen molar-refractivity contribution < 1.29 is 32.3 Å². The number of nitrogen functional groups attached to an aromatic ring is 1. The number of alkyl halides is 3. The van der Waals surface area contributed by atoms with E-state index in [9.17, 15) is 27.6 Å². The van der Waals surface area contributed by atoms with Crippen molar-refractivity contribution in [1.82, 2.24) is 19.8 Å². The number of halogens is 3. The summed E-state index contributed by atoms with van der Waals surface area (Å²) in [5.74, 6) is -1.76. The number of nitrogens with two attached hydrogens (primary N) is 1. The van der Waals surface area contributed by atoms with Crippen LogP contribution in [0.1, 0.15) is 36.6 Å². The molecule has 12 heteroatoms. The second-order valence-corrected chi connectivity index (χ2v) is 8.07. The molecule has 3 heterocycles. The number of morpholine rings is 1. The smallest absolute Gasteiger partial charge is 0.368 e. The van der Waals surface area contributed by atoms with Gasteiger partial charge in [-0.15, -0.1) is 0 Å². The van der Waals surface area contributed by atoms with Crippen LogP contribution in [-0.4, -0.2) is 63.8 Å². The quantitative estimate of drug-likeness (QED) is 0.671. The zero-order chi connectivity index (χ0) is 24.5. The molecule has 0 aliphatic carbocycles. The molecule has 2 N–H and O–H groups in total. The molecule has 3 amide bonds. The molecule has 0 unspecified atom stereocenters. The fraction of sp³-hybridized carbons (Fsp3) is 0.409. The fourth-order valence-electron chi connectivity index (χ4n) is 4.19. The monoisotopic (exact) mass is 477 g/mol. The van der Waals surface area contributed by atoms with E-state index in [1.54, 1.807) is 0 Å². The third-order valence-corrected chi connectivity index (χ3v) is 5.82. The highest BCUT2D eigenvalue weighted by molar-refractivity contribution is 6.01. The number of carbonyl (C=O) groups excluding carboxylic acids is 3. The molecular formula is C22H22F3N5O4. The highest BCUT2D eigenvalue weighted by atomic mass is 19.4. The van der Waals surface area contributed by atoms with Crippen LogP contribution in [0.5, 0.6) is 0 Å². The van der Waals surface area contributed by atoms with E-state index in [4.69, 9.17) is 10.5 Å². The summed E-state index contributed by atoms with van der Waals surface area (Å²) < 4.78 is 44.7. The number of anilines is 1. The molecule has 2 fully saturated rings. The molecule has 4 rings (SSSR count). The number of aromatic nitrogens is 2. The van der Waals surface area contributed by atoms with E-state index in [1.165, 1.54) is 23.2 Å². The predicted octanol–water partition coefficient (Wildman–Crippen LogP) is 2.18. The standard InChI is InChI=1S/C22H22F3N5O4/c23-22(24,25)14-5-3-4-13(8-14)15-9-27-21(26)28-20(15)16-6-1-2-7-29(16)17(31)10-30-18(32)11-34-12-19(30)33/h3-5,8-9,16H,1-2,6-7,10-12H2,(H2,26,27,28)/t16-/m1/s1. The number of hydrogen-bond donors (Lipinski definition) is 1. The number of nitrogens with zero attached hydrogens (tertiary/aromatic N) is 4. The van der Waals surface area contributed by atoms with Gasteiger partial charge in [0.05, 0.1) is 17.3 Å². The lowest BCUT2D eigenvalue weighted by molar-refractivity contribution is -0.162. The summed E-state index contributed by atoms with van der Waals surface area (Å²) in [4.78, 5) is 47.9. The maximum Gasteiger partial charge on any atom is 0.416 e. The minimum absolute atomic E-state index is 0.0813. The van der Waals surface area contributed by atoms with Crippen molar-refractivity contribution in [3.63, 3.8) is 0 Å². The summed E-state index contributed by atoms with van der Waals surface area (Å²) in [6.07, 6.45) is -1.27. The van der Waals surface area contributed by atoms with Crippen LogP contribution in [0.2, 0.25) is 0 Å². The molecule has 0 spiro atoms. The Morgan fingerprint density at radius 1 is 1.18 bits per heavy atom. The summed E-state index contributed by atoms with van der Waals surface area (Å²) in [6.45, 7) is -0.686. The van der Waals surface area contributed by atoms with Crippen molar-refractivity contribution in [2.24, 2.45) is 0 Å². The van der Waals surface area contributed by atoms with Gasteiger partial charge in [0.15, 0.2) is 0 Å². The Morgan fingerprint density at radius 2 is 1.91 bits per heavy atom. The molecule has 34 heavy (non-hydrogen) atoms. The van der Waals surface area contributed by atoms with Crippen LogP contribution in [0.3, 0.4) is 0 Å². The molecule has 9 nitrogen and oxygen atoms in total. The average Bonchev–Trinajstić information content (AvgIpc) is 2.81. The van der Waals surface area contributed by atoms with E-state index < -0.39 is 42.0 Å².